The lowest BCUT2D eigenvalue weighted by molar-refractivity contribution is -0.192. The normalized spacial score (nSPS) is 17.5. The summed E-state index contributed by atoms with van der Waals surface area (Å²) in [6, 6.07) is 2.02. The van der Waals surface area contributed by atoms with Crippen LogP contribution in [0.25, 0.3) is 10.6 Å². The van der Waals surface area contributed by atoms with E-state index in [0.29, 0.717) is 11.2 Å². The van der Waals surface area contributed by atoms with E-state index in [4.69, 9.17) is 20.4 Å². The van der Waals surface area contributed by atoms with Crippen LogP contribution in [0.3, 0.4) is 0 Å². The van der Waals surface area contributed by atoms with Crippen molar-refractivity contribution < 1.29 is 27.8 Å². The average Bonchev–Trinajstić information content (AvgIpc) is 3.14. The highest BCUT2D eigenvalue weighted by Gasteiger charge is 2.38. The second-order valence-corrected chi connectivity index (χ2v) is 6.71. The van der Waals surface area contributed by atoms with Crippen molar-refractivity contribution in [3.05, 3.63) is 18.0 Å². The molecule has 2 aromatic heterocycles. The standard InChI is InChI=1S/C13H18N4OS.C2HF3O2/c1-9-12(19-13(14)15-9)11-5-6-17(16-11)8-10-4-2-3-7-18-10;3-2(4,5)1(6)7/h5-6,10H,2-4,7-8H2,1H3,(H2,14,15);(H,6,7). The number of nitrogens with two attached hydrogens (primary N) is 1. The van der Waals surface area contributed by atoms with Gasteiger partial charge >= 0.3 is 12.1 Å². The molecular weight excluding hydrogens is 373 g/mol. The smallest absolute Gasteiger partial charge is 0.475 e. The van der Waals surface area contributed by atoms with E-state index < -0.39 is 12.1 Å². The Morgan fingerprint density at radius 1 is 1.50 bits per heavy atom. The van der Waals surface area contributed by atoms with Crippen LogP contribution in [0, 0.1) is 6.92 Å². The number of hydrogen-bond donors (Lipinski definition) is 2. The van der Waals surface area contributed by atoms with Gasteiger partial charge in [-0.3, -0.25) is 4.68 Å². The average molecular weight is 392 g/mol. The van der Waals surface area contributed by atoms with Crippen LogP contribution in [0.1, 0.15) is 25.0 Å². The number of aliphatic carboxylic acids is 1. The predicted octanol–water partition coefficient (Wildman–Crippen LogP) is 3.10. The third-order valence-corrected chi connectivity index (χ3v) is 4.60. The maximum Gasteiger partial charge on any atom is 0.490 e. The number of ether oxygens (including phenoxy) is 1. The van der Waals surface area contributed by atoms with Gasteiger partial charge in [-0.2, -0.15) is 18.3 Å². The lowest BCUT2D eigenvalue weighted by atomic mass is 10.1. The summed E-state index contributed by atoms with van der Waals surface area (Å²) in [6.45, 7) is 3.67. The zero-order valence-electron chi connectivity index (χ0n) is 14.0. The molecule has 3 N–H and O–H groups in total. The number of carboxylic acid groups (broad SMARTS) is 1. The number of carbonyl (C=O) groups is 1. The Morgan fingerprint density at radius 2 is 2.19 bits per heavy atom. The molecule has 3 rings (SSSR count). The highest BCUT2D eigenvalue weighted by molar-refractivity contribution is 7.18. The highest BCUT2D eigenvalue weighted by Crippen LogP contribution is 2.29. The van der Waals surface area contributed by atoms with E-state index in [-0.39, 0.29) is 0 Å². The number of rotatable bonds is 3. The number of anilines is 1. The number of aryl methyl sites for hydroxylation is 1. The van der Waals surface area contributed by atoms with Crippen molar-refractivity contribution in [2.45, 2.75) is 45.0 Å². The summed E-state index contributed by atoms with van der Waals surface area (Å²) >= 11 is 1.49. The van der Waals surface area contributed by atoms with Crippen molar-refractivity contribution >= 4 is 22.4 Å². The predicted molar refractivity (Wildman–Crippen MR) is 89.8 cm³/mol. The molecule has 1 aliphatic rings. The lowest BCUT2D eigenvalue weighted by Crippen LogP contribution is -2.24. The minimum absolute atomic E-state index is 0.300. The molecular formula is C15H19F3N4O3S. The van der Waals surface area contributed by atoms with Crippen LogP contribution in [0.15, 0.2) is 12.3 Å². The van der Waals surface area contributed by atoms with Gasteiger partial charge in [-0.25, -0.2) is 9.78 Å². The summed E-state index contributed by atoms with van der Waals surface area (Å²) in [5.41, 5.74) is 7.62. The van der Waals surface area contributed by atoms with Gasteiger partial charge in [-0.1, -0.05) is 11.3 Å². The van der Waals surface area contributed by atoms with Crippen molar-refractivity contribution in [3.63, 3.8) is 0 Å². The van der Waals surface area contributed by atoms with E-state index in [1.54, 1.807) is 0 Å². The molecule has 0 bridgehead atoms. The summed E-state index contributed by atoms with van der Waals surface area (Å²) in [5.74, 6) is -2.76. The van der Waals surface area contributed by atoms with E-state index >= 15 is 0 Å². The lowest BCUT2D eigenvalue weighted by Gasteiger charge is -2.22. The molecule has 0 saturated carbocycles. The fraction of sp³-hybridized carbons (Fsp3) is 0.533. The van der Waals surface area contributed by atoms with Crippen LogP contribution in [0.4, 0.5) is 18.3 Å². The molecule has 7 nitrogen and oxygen atoms in total. The van der Waals surface area contributed by atoms with E-state index in [1.807, 2.05) is 23.9 Å². The minimum Gasteiger partial charge on any atom is -0.475 e. The van der Waals surface area contributed by atoms with E-state index in [9.17, 15) is 13.2 Å². The van der Waals surface area contributed by atoms with Crippen LogP contribution in [0.2, 0.25) is 0 Å². The van der Waals surface area contributed by atoms with Crippen molar-refractivity contribution in [1.29, 1.82) is 0 Å². The first-order chi connectivity index (χ1) is 12.2. The number of carboxylic acids is 1. The second kappa shape index (κ2) is 8.49. The fourth-order valence-corrected chi connectivity index (χ4v) is 3.20. The number of alkyl halides is 3. The molecule has 11 heteroatoms. The van der Waals surface area contributed by atoms with Crippen LogP contribution in [-0.4, -0.2) is 44.7 Å². The monoisotopic (exact) mass is 392 g/mol. The molecule has 3 heterocycles. The molecule has 1 fully saturated rings. The Bertz CT molecular complexity index is 739. The van der Waals surface area contributed by atoms with Crippen molar-refractivity contribution in [2.24, 2.45) is 0 Å². The van der Waals surface area contributed by atoms with Gasteiger partial charge in [0.15, 0.2) is 5.13 Å². The Labute approximate surface area is 151 Å². The molecule has 0 spiro atoms. The number of halogens is 3. The van der Waals surface area contributed by atoms with Gasteiger partial charge in [-0.05, 0) is 32.3 Å². The molecule has 0 amide bonds. The first-order valence-electron chi connectivity index (χ1n) is 7.85. The van der Waals surface area contributed by atoms with Gasteiger partial charge in [0.1, 0.15) is 5.69 Å². The summed E-state index contributed by atoms with van der Waals surface area (Å²) in [5, 5.41) is 12.3. The quantitative estimate of drug-likeness (QED) is 0.832. The summed E-state index contributed by atoms with van der Waals surface area (Å²) in [6.07, 6.45) is 0.780. The molecule has 1 unspecified atom stereocenters. The highest BCUT2D eigenvalue weighted by atomic mass is 32.1. The topological polar surface area (TPSA) is 103 Å². The maximum atomic E-state index is 10.6. The van der Waals surface area contributed by atoms with Crippen LogP contribution < -0.4 is 5.73 Å². The molecule has 0 aromatic carbocycles. The van der Waals surface area contributed by atoms with Crippen molar-refractivity contribution in [1.82, 2.24) is 14.8 Å². The zero-order valence-corrected chi connectivity index (χ0v) is 14.8. The molecule has 2 aromatic rings. The summed E-state index contributed by atoms with van der Waals surface area (Å²) in [7, 11) is 0. The molecule has 1 atom stereocenters. The SMILES string of the molecule is Cc1nc(N)sc1-c1ccn(CC2CCCCO2)n1.O=C(O)C(F)(F)F. The summed E-state index contributed by atoms with van der Waals surface area (Å²) in [4.78, 5) is 14.2. The maximum absolute atomic E-state index is 10.6. The Hall–Kier alpha value is -2.14. The molecule has 0 aliphatic carbocycles. The van der Waals surface area contributed by atoms with Gasteiger partial charge in [0.2, 0.25) is 0 Å². The Balaban J connectivity index is 0.000000298. The third kappa shape index (κ3) is 5.70. The molecule has 1 saturated heterocycles. The number of thiazole rings is 1. The van der Waals surface area contributed by atoms with Crippen molar-refractivity contribution in [2.75, 3.05) is 12.3 Å². The van der Waals surface area contributed by atoms with E-state index in [1.165, 1.54) is 24.2 Å². The second-order valence-electron chi connectivity index (χ2n) is 5.68. The number of nitrogens with zero attached hydrogens (tertiary/aromatic N) is 3. The Morgan fingerprint density at radius 3 is 2.69 bits per heavy atom. The molecule has 144 valence electrons. The van der Waals surface area contributed by atoms with E-state index in [0.717, 1.165) is 35.8 Å². The number of aromatic nitrogens is 3. The van der Waals surface area contributed by atoms with Crippen molar-refractivity contribution in [3.8, 4) is 10.6 Å². The molecule has 0 radical (unpaired) electrons. The molecule has 1 aliphatic heterocycles. The van der Waals surface area contributed by atoms with Gasteiger partial charge < -0.3 is 15.6 Å². The van der Waals surface area contributed by atoms with Gasteiger partial charge in [0, 0.05) is 12.8 Å². The van der Waals surface area contributed by atoms with Gasteiger partial charge in [0.05, 0.1) is 23.2 Å². The van der Waals surface area contributed by atoms with Crippen LogP contribution in [0.5, 0.6) is 0 Å². The van der Waals surface area contributed by atoms with Gasteiger partial charge in [0.25, 0.3) is 0 Å². The van der Waals surface area contributed by atoms with Crippen LogP contribution in [-0.2, 0) is 16.1 Å². The minimum atomic E-state index is -5.08. The first kappa shape index (κ1) is 20.2. The Kier molecular flexibility index (Phi) is 6.59. The molecule has 26 heavy (non-hydrogen) atoms. The fourth-order valence-electron chi connectivity index (χ4n) is 2.40. The third-order valence-electron chi connectivity index (χ3n) is 3.59. The summed E-state index contributed by atoms with van der Waals surface area (Å²) < 4.78 is 39.4. The van der Waals surface area contributed by atoms with Crippen LogP contribution >= 0.6 is 11.3 Å². The van der Waals surface area contributed by atoms with E-state index in [2.05, 4.69) is 10.1 Å². The number of nitrogen functional groups attached to an aromatic ring is 1. The zero-order chi connectivity index (χ0) is 19.3. The first-order valence-corrected chi connectivity index (χ1v) is 8.67. The largest absolute Gasteiger partial charge is 0.490 e. The van der Waals surface area contributed by atoms with Gasteiger partial charge in [-0.15, -0.1) is 0 Å². The number of hydrogen-bond acceptors (Lipinski definition) is 6.